The van der Waals surface area contributed by atoms with Gasteiger partial charge < -0.3 is 14.2 Å². The van der Waals surface area contributed by atoms with E-state index in [1.54, 1.807) is 6.07 Å². The summed E-state index contributed by atoms with van der Waals surface area (Å²) in [5, 5.41) is 0. The van der Waals surface area contributed by atoms with Crippen LogP contribution in [-0.2, 0) is 9.53 Å². The summed E-state index contributed by atoms with van der Waals surface area (Å²) in [4.78, 5) is 19.4. The van der Waals surface area contributed by atoms with Crippen molar-refractivity contribution < 1.29 is 13.9 Å². The van der Waals surface area contributed by atoms with Crippen LogP contribution in [0, 0.1) is 5.82 Å². The maximum absolute atomic E-state index is 13.7. The van der Waals surface area contributed by atoms with Crippen molar-refractivity contribution in [2.75, 3.05) is 19.7 Å². The largest absolute Gasteiger partial charge is 0.368 e. The van der Waals surface area contributed by atoms with Crippen LogP contribution < -0.4 is 0 Å². The molecule has 27 heavy (non-hydrogen) atoms. The Bertz CT molecular complexity index is 846. The average Bonchev–Trinajstić information content (AvgIpc) is 3.27. The van der Waals surface area contributed by atoms with Gasteiger partial charge in [-0.3, -0.25) is 4.79 Å². The third-order valence-corrected chi connectivity index (χ3v) is 6.50. The first-order chi connectivity index (χ1) is 13.2. The van der Waals surface area contributed by atoms with E-state index in [2.05, 4.69) is 4.57 Å². The predicted octanol–water partition coefficient (Wildman–Crippen LogP) is 3.79. The van der Waals surface area contributed by atoms with Crippen LogP contribution in [0.25, 0.3) is 11.0 Å². The Morgan fingerprint density at radius 2 is 1.93 bits per heavy atom. The highest BCUT2D eigenvalue weighted by Crippen LogP contribution is 2.40. The molecule has 1 aromatic carbocycles. The molecule has 0 radical (unpaired) electrons. The molecule has 5 rings (SSSR count). The summed E-state index contributed by atoms with van der Waals surface area (Å²) in [7, 11) is 0. The van der Waals surface area contributed by atoms with E-state index in [-0.39, 0.29) is 17.8 Å². The molecule has 6 heteroatoms. The van der Waals surface area contributed by atoms with Crippen LogP contribution in [0.5, 0.6) is 0 Å². The van der Waals surface area contributed by atoms with E-state index in [0.717, 1.165) is 55.6 Å². The van der Waals surface area contributed by atoms with Crippen LogP contribution in [0.3, 0.4) is 0 Å². The van der Waals surface area contributed by atoms with Crippen LogP contribution in [-0.4, -0.2) is 46.2 Å². The summed E-state index contributed by atoms with van der Waals surface area (Å²) >= 11 is 0. The number of hydrogen-bond donors (Lipinski definition) is 0. The van der Waals surface area contributed by atoms with Gasteiger partial charge in [-0.15, -0.1) is 0 Å². The first kappa shape index (κ1) is 17.2. The monoisotopic (exact) mass is 371 g/mol. The third kappa shape index (κ3) is 3.04. The molecule has 0 spiro atoms. The van der Waals surface area contributed by atoms with Crippen molar-refractivity contribution >= 4 is 16.9 Å². The van der Waals surface area contributed by atoms with E-state index >= 15 is 0 Å². The van der Waals surface area contributed by atoms with Crippen molar-refractivity contribution in [1.29, 1.82) is 0 Å². The molecular formula is C21H26FN3O2. The summed E-state index contributed by atoms with van der Waals surface area (Å²) in [6.45, 7) is 2.22. The van der Waals surface area contributed by atoms with Gasteiger partial charge in [0.05, 0.1) is 11.0 Å². The second-order valence-electron chi connectivity index (χ2n) is 8.16. The predicted molar refractivity (Wildman–Crippen MR) is 100 cm³/mol. The first-order valence-electron chi connectivity index (χ1n) is 10.3. The van der Waals surface area contributed by atoms with Gasteiger partial charge in [0, 0.05) is 37.7 Å². The van der Waals surface area contributed by atoms with Crippen molar-refractivity contribution in [3.8, 4) is 0 Å². The molecule has 1 aliphatic carbocycles. The smallest absolute Gasteiger partial charge is 0.251 e. The van der Waals surface area contributed by atoms with Crippen LogP contribution in [0.4, 0.5) is 4.39 Å². The second-order valence-corrected chi connectivity index (χ2v) is 8.16. The Morgan fingerprint density at radius 3 is 2.59 bits per heavy atom. The molecule has 2 aliphatic heterocycles. The van der Waals surface area contributed by atoms with Gasteiger partial charge in [-0.2, -0.15) is 0 Å². The highest BCUT2D eigenvalue weighted by Gasteiger charge is 2.34. The fourth-order valence-electron chi connectivity index (χ4n) is 4.75. The number of piperidine rings is 1. The van der Waals surface area contributed by atoms with Gasteiger partial charge in [0.15, 0.2) is 0 Å². The van der Waals surface area contributed by atoms with E-state index in [4.69, 9.17) is 9.72 Å². The Kier molecular flexibility index (Phi) is 4.38. The number of fused-ring (bicyclic) bond motifs is 1. The Morgan fingerprint density at radius 1 is 1.11 bits per heavy atom. The van der Waals surface area contributed by atoms with E-state index in [0.29, 0.717) is 18.6 Å². The van der Waals surface area contributed by atoms with Gasteiger partial charge in [0.25, 0.3) is 5.91 Å². The zero-order valence-corrected chi connectivity index (χ0v) is 15.6. The maximum atomic E-state index is 13.7. The topological polar surface area (TPSA) is 47.4 Å². The SMILES string of the molecule is O=C(C1CCCO1)N1CCC(n2c(C3CCC3)nc3cc(F)ccc32)CC1. The Labute approximate surface area is 158 Å². The fourth-order valence-corrected chi connectivity index (χ4v) is 4.75. The minimum absolute atomic E-state index is 0.155. The zero-order valence-electron chi connectivity index (χ0n) is 15.6. The number of carbonyl (C=O) groups is 1. The lowest BCUT2D eigenvalue weighted by atomic mass is 9.84. The molecule has 2 aromatic rings. The van der Waals surface area contributed by atoms with Crippen molar-refractivity contribution in [2.45, 2.75) is 63.0 Å². The lowest BCUT2D eigenvalue weighted by Gasteiger charge is -2.36. The van der Waals surface area contributed by atoms with Crippen molar-refractivity contribution in [3.63, 3.8) is 0 Å². The molecule has 144 valence electrons. The van der Waals surface area contributed by atoms with E-state index in [1.165, 1.54) is 25.3 Å². The Balaban J connectivity index is 1.38. The number of hydrogen-bond acceptors (Lipinski definition) is 3. The molecule has 0 N–H and O–H groups in total. The van der Waals surface area contributed by atoms with Gasteiger partial charge in [0.1, 0.15) is 17.7 Å². The minimum Gasteiger partial charge on any atom is -0.368 e. The lowest BCUT2D eigenvalue weighted by molar-refractivity contribution is -0.142. The summed E-state index contributed by atoms with van der Waals surface area (Å²) < 4.78 is 21.6. The number of benzene rings is 1. The number of nitrogens with zero attached hydrogens (tertiary/aromatic N) is 3. The third-order valence-electron chi connectivity index (χ3n) is 6.50. The molecule has 2 saturated heterocycles. The first-order valence-corrected chi connectivity index (χ1v) is 10.3. The number of likely N-dealkylation sites (tertiary alicyclic amines) is 1. The van der Waals surface area contributed by atoms with Crippen molar-refractivity contribution in [2.24, 2.45) is 0 Å². The number of aromatic nitrogens is 2. The molecule has 0 bridgehead atoms. The van der Waals surface area contributed by atoms with Crippen molar-refractivity contribution in [3.05, 3.63) is 29.8 Å². The number of rotatable bonds is 3. The number of imidazole rings is 1. The molecule has 1 aromatic heterocycles. The quantitative estimate of drug-likeness (QED) is 0.825. The zero-order chi connectivity index (χ0) is 18.4. The molecule has 3 heterocycles. The minimum atomic E-state index is -0.232. The van der Waals surface area contributed by atoms with Crippen LogP contribution in [0.2, 0.25) is 0 Å². The molecule has 3 fully saturated rings. The second kappa shape index (κ2) is 6.89. The Hall–Kier alpha value is -1.95. The highest BCUT2D eigenvalue weighted by molar-refractivity contribution is 5.81. The van der Waals surface area contributed by atoms with E-state index in [1.807, 2.05) is 11.0 Å². The maximum Gasteiger partial charge on any atom is 0.251 e. The summed E-state index contributed by atoms with van der Waals surface area (Å²) in [6, 6.07) is 5.26. The van der Waals surface area contributed by atoms with Crippen LogP contribution >= 0.6 is 0 Å². The standard InChI is InChI=1S/C21H26FN3O2/c22-15-6-7-18-17(13-15)23-20(14-3-1-4-14)25(18)16-8-10-24(11-9-16)21(26)19-5-2-12-27-19/h6-7,13-14,16,19H,1-5,8-12H2. The van der Waals surface area contributed by atoms with Crippen LogP contribution in [0.1, 0.15) is 62.7 Å². The summed E-state index contributed by atoms with van der Waals surface area (Å²) in [5.74, 6) is 1.53. The summed E-state index contributed by atoms with van der Waals surface area (Å²) in [6.07, 6.45) is 7.02. The summed E-state index contributed by atoms with van der Waals surface area (Å²) in [5.41, 5.74) is 1.79. The normalized spacial score (nSPS) is 24.5. The van der Waals surface area contributed by atoms with E-state index < -0.39 is 0 Å². The molecule has 5 nitrogen and oxygen atoms in total. The van der Waals surface area contributed by atoms with Gasteiger partial charge >= 0.3 is 0 Å². The molecule has 3 aliphatic rings. The average molecular weight is 371 g/mol. The molecule has 1 saturated carbocycles. The number of halogens is 1. The van der Waals surface area contributed by atoms with Gasteiger partial charge in [-0.05, 0) is 50.7 Å². The van der Waals surface area contributed by atoms with Gasteiger partial charge in [-0.25, -0.2) is 9.37 Å². The van der Waals surface area contributed by atoms with Crippen LogP contribution in [0.15, 0.2) is 18.2 Å². The molecule has 1 unspecified atom stereocenters. The van der Waals surface area contributed by atoms with Gasteiger partial charge in [0.2, 0.25) is 0 Å². The fraction of sp³-hybridized carbons (Fsp3) is 0.619. The van der Waals surface area contributed by atoms with Gasteiger partial charge in [-0.1, -0.05) is 6.42 Å². The molecule has 1 amide bonds. The highest BCUT2D eigenvalue weighted by atomic mass is 19.1. The van der Waals surface area contributed by atoms with E-state index in [9.17, 15) is 9.18 Å². The number of carbonyl (C=O) groups excluding carboxylic acids is 1. The van der Waals surface area contributed by atoms with Crippen molar-refractivity contribution in [1.82, 2.24) is 14.5 Å². The number of ether oxygens (including phenoxy) is 1. The molecular weight excluding hydrogens is 345 g/mol. The molecule has 1 atom stereocenters. The lowest BCUT2D eigenvalue weighted by Crippen LogP contribution is -2.44. The number of amides is 1.